The van der Waals surface area contributed by atoms with Crippen molar-refractivity contribution in [2.75, 3.05) is 21.3 Å². The summed E-state index contributed by atoms with van der Waals surface area (Å²) in [5.74, 6) is 4.09. The molecule has 0 saturated heterocycles. The summed E-state index contributed by atoms with van der Waals surface area (Å²) in [7, 11) is 4.72. The lowest BCUT2D eigenvalue weighted by Gasteiger charge is -2.13. The Bertz CT molecular complexity index is 3040. The second-order valence-electron chi connectivity index (χ2n) is 20.8. The van der Waals surface area contributed by atoms with Crippen LogP contribution in [0.15, 0.2) is 91.0 Å². The van der Waals surface area contributed by atoms with Crippen molar-refractivity contribution in [3.05, 3.63) is 186 Å². The molecule has 7 N–H and O–H groups in total. The highest BCUT2D eigenvalue weighted by atomic mass is 16.5. The molecule has 0 radical (unpaired) electrons. The molecule has 0 saturated carbocycles. The van der Waals surface area contributed by atoms with E-state index < -0.39 is 0 Å². The smallest absolute Gasteiger partial charge is 0.163 e. The van der Waals surface area contributed by atoms with Crippen LogP contribution in [-0.4, -0.2) is 57.1 Å². The van der Waals surface area contributed by atoms with Gasteiger partial charge in [0.1, 0.15) is 23.0 Å². The molecule has 0 aliphatic heterocycles. The van der Waals surface area contributed by atoms with Crippen molar-refractivity contribution >= 4 is 0 Å². The van der Waals surface area contributed by atoms with Gasteiger partial charge in [0.15, 0.2) is 34.5 Å². The predicted octanol–water partition coefficient (Wildman–Crippen LogP) is 18.0. The average Bonchev–Trinajstić information content (AvgIpc) is 3.53. The highest BCUT2D eigenvalue weighted by Crippen LogP contribution is 2.36. The maximum atomic E-state index is 9.67. The lowest BCUT2D eigenvalue weighted by Crippen LogP contribution is -1.95. The van der Waals surface area contributed by atoms with Gasteiger partial charge in [0.25, 0.3) is 0 Å². The Morgan fingerprint density at radius 3 is 1.09 bits per heavy atom. The van der Waals surface area contributed by atoms with E-state index in [1.165, 1.54) is 50.1 Å². The number of methoxy groups -OCH3 is 3. The fourth-order valence-electron chi connectivity index (χ4n) is 8.88. The molecular weight excluding hydrogens is 1020 g/mol. The minimum absolute atomic E-state index is 0.245. The lowest BCUT2D eigenvalue weighted by atomic mass is 10.0. The molecule has 0 aromatic heterocycles. The van der Waals surface area contributed by atoms with E-state index in [4.69, 9.17) is 19.3 Å². The lowest BCUT2D eigenvalue weighted by molar-refractivity contribution is 0.368. The van der Waals surface area contributed by atoms with Crippen LogP contribution in [0.5, 0.6) is 57.5 Å². The summed E-state index contributed by atoms with van der Waals surface area (Å²) < 4.78 is 15.2. The summed E-state index contributed by atoms with van der Waals surface area (Å²) in [6, 6.07) is 29.0. The number of aryl methyl sites for hydroxylation is 16. The highest BCUT2D eigenvalue weighted by molar-refractivity contribution is 5.54. The van der Waals surface area contributed by atoms with Gasteiger partial charge in [0, 0.05) is 0 Å². The summed E-state index contributed by atoms with van der Waals surface area (Å²) in [4.78, 5) is 0. The number of hydrogen-bond donors (Lipinski definition) is 7. The van der Waals surface area contributed by atoms with Gasteiger partial charge >= 0.3 is 0 Å². The summed E-state index contributed by atoms with van der Waals surface area (Å²) in [6.45, 7) is 34.2. The first-order valence-electron chi connectivity index (χ1n) is 29.0. The first-order valence-corrected chi connectivity index (χ1v) is 29.0. The summed E-state index contributed by atoms with van der Waals surface area (Å²) >= 11 is 0. The van der Waals surface area contributed by atoms with Crippen LogP contribution in [0.4, 0.5) is 0 Å². The quantitative estimate of drug-likeness (QED) is 0.0590. The van der Waals surface area contributed by atoms with Crippen molar-refractivity contribution in [3.63, 3.8) is 0 Å². The van der Waals surface area contributed by atoms with E-state index in [-0.39, 0.29) is 17.2 Å². The number of aromatic hydroxyl groups is 7. The van der Waals surface area contributed by atoms with Crippen LogP contribution in [0, 0.1) is 69.2 Å². The Kier molecular flexibility index (Phi) is 33.2. The number of phenolic OH excluding ortho intramolecular Hbond substituents is 7. The predicted molar refractivity (Wildman–Crippen MR) is 343 cm³/mol. The van der Waals surface area contributed by atoms with E-state index in [1.54, 1.807) is 33.5 Å². The zero-order valence-corrected chi connectivity index (χ0v) is 53.6. The van der Waals surface area contributed by atoms with E-state index in [9.17, 15) is 30.6 Å². The first kappa shape index (κ1) is 72.6. The van der Waals surface area contributed by atoms with E-state index in [0.717, 1.165) is 109 Å². The third kappa shape index (κ3) is 23.6. The Hall–Kier alpha value is -7.46. The molecule has 0 aliphatic rings. The molecule has 0 aliphatic carbocycles. The van der Waals surface area contributed by atoms with Gasteiger partial charge in [-0.15, -0.1) is 0 Å². The normalized spacial score (nSPS) is 10.0. The van der Waals surface area contributed by atoms with Crippen molar-refractivity contribution in [1.82, 2.24) is 0 Å². The van der Waals surface area contributed by atoms with Gasteiger partial charge in [-0.2, -0.15) is 0 Å². The molecule has 0 amide bonds. The molecule has 0 atom stereocenters. The van der Waals surface area contributed by atoms with Crippen LogP contribution in [0.2, 0.25) is 0 Å². The number of benzene rings is 7. The van der Waals surface area contributed by atoms with E-state index in [2.05, 4.69) is 54.5 Å². The number of rotatable bonds is 13. The Morgan fingerprint density at radius 2 is 0.659 bits per heavy atom. The van der Waals surface area contributed by atoms with Crippen molar-refractivity contribution in [1.29, 1.82) is 0 Å². The van der Waals surface area contributed by atoms with Gasteiger partial charge < -0.3 is 50.0 Å². The van der Waals surface area contributed by atoms with Crippen molar-refractivity contribution in [3.8, 4) is 57.5 Å². The van der Waals surface area contributed by atoms with E-state index in [1.807, 2.05) is 142 Å². The molecule has 10 heteroatoms. The Balaban J connectivity index is 0.000000479. The SMILES string of the molecule is CCCc1cc(C)c(O)c(OC)c1.CCCc1cc(C)c(O)cc1C.CCCc1ccc(O)c(C)c1.CCc1cc(C)c(O)c(OC)c1.CCc1cc(C)c(O)c(OC)c1C.CCc1cc(C)c(O)cc1C.CCc1ccc(O)c(C)c1. The molecule has 450 valence electrons. The average molecular weight is 1130 g/mol. The van der Waals surface area contributed by atoms with Gasteiger partial charge in [-0.05, 0) is 245 Å². The Morgan fingerprint density at radius 1 is 0.293 bits per heavy atom. The van der Waals surface area contributed by atoms with Crippen LogP contribution in [-0.2, 0) is 44.9 Å². The molecule has 0 spiro atoms. The van der Waals surface area contributed by atoms with E-state index in [0.29, 0.717) is 40.2 Å². The van der Waals surface area contributed by atoms with Crippen LogP contribution >= 0.6 is 0 Å². The molecule has 7 rings (SSSR count). The first-order chi connectivity index (χ1) is 38.7. The summed E-state index contributed by atoms with van der Waals surface area (Å²) in [6.07, 6.45) is 10.6. The second-order valence-corrected chi connectivity index (χ2v) is 20.8. The second kappa shape index (κ2) is 37.5. The third-order valence-electron chi connectivity index (χ3n) is 14.1. The molecule has 10 nitrogen and oxygen atoms in total. The molecule has 82 heavy (non-hydrogen) atoms. The summed E-state index contributed by atoms with van der Waals surface area (Å²) in [5, 5.41) is 65.8. The zero-order valence-electron chi connectivity index (χ0n) is 53.6. The van der Waals surface area contributed by atoms with Gasteiger partial charge in [-0.25, -0.2) is 0 Å². The molecule has 0 bridgehead atoms. The maximum Gasteiger partial charge on any atom is 0.163 e. The molecule has 7 aromatic rings. The maximum absolute atomic E-state index is 9.67. The van der Waals surface area contributed by atoms with Crippen LogP contribution < -0.4 is 14.2 Å². The van der Waals surface area contributed by atoms with Crippen molar-refractivity contribution in [2.45, 2.75) is 182 Å². The summed E-state index contributed by atoms with van der Waals surface area (Å²) in [5.41, 5.74) is 18.8. The topological polar surface area (TPSA) is 169 Å². The largest absolute Gasteiger partial charge is 0.508 e. The third-order valence-corrected chi connectivity index (χ3v) is 14.1. The van der Waals surface area contributed by atoms with Crippen molar-refractivity contribution < 1.29 is 50.0 Å². The van der Waals surface area contributed by atoms with Gasteiger partial charge in [-0.3, -0.25) is 0 Å². The Labute approximate surface area is 494 Å². The fraction of sp³-hybridized carbons (Fsp3) is 0.417. The van der Waals surface area contributed by atoms with E-state index >= 15 is 0 Å². The minimum atomic E-state index is 0.245. The molecule has 7 aromatic carbocycles. The molecule has 0 fully saturated rings. The minimum Gasteiger partial charge on any atom is -0.508 e. The molecule has 0 heterocycles. The standard InChI is InChI=1S/2C11H16O2.C11H16O.C10H14O2.2C10H14O.C9H12O/c1-5-9-6-7(2)10(12)11(13-4)8(9)3;1-4-5-9-6-8(2)11(12)10(7-9)13-3;1-4-5-10-6-9(3)11(12)7-8(10)2;1-4-8-5-7(2)10(11)9(6-8)12-3;1-4-9-5-8(3)10(11)6-7(9)2;1-3-4-9-5-6-10(11)8(2)7-9;1-3-8-4-5-9(10)7(2)6-8/h6,12H,5H2,1-4H3;6-7,12H,4-5H2,1-3H3;6-7,12H,4-5H2,1-3H3;5-6,11H,4H2,1-3H3;5-6,11H,4H2,1-3H3;5-7,11H,3-4H2,1-2H3;4-6,10H,3H2,1-2H3. The van der Waals surface area contributed by atoms with Crippen molar-refractivity contribution in [2.24, 2.45) is 0 Å². The highest BCUT2D eigenvalue weighted by Gasteiger charge is 2.12. The number of ether oxygens (including phenoxy) is 3. The zero-order chi connectivity index (χ0) is 62.4. The number of phenols is 7. The number of hydrogen-bond acceptors (Lipinski definition) is 10. The van der Waals surface area contributed by atoms with Gasteiger partial charge in [0.05, 0.1) is 21.3 Å². The monoisotopic (exact) mass is 1130 g/mol. The molecular formula is C72H102O10. The van der Waals surface area contributed by atoms with Crippen LogP contribution in [0.1, 0.15) is 162 Å². The van der Waals surface area contributed by atoms with Gasteiger partial charge in [0.2, 0.25) is 0 Å². The fourth-order valence-corrected chi connectivity index (χ4v) is 8.88. The molecule has 0 unspecified atom stereocenters. The van der Waals surface area contributed by atoms with Crippen LogP contribution in [0.3, 0.4) is 0 Å². The van der Waals surface area contributed by atoms with Gasteiger partial charge in [-0.1, -0.05) is 122 Å². The van der Waals surface area contributed by atoms with Crippen LogP contribution in [0.25, 0.3) is 0 Å².